The predicted molar refractivity (Wildman–Crippen MR) is 155 cm³/mol. The molecular weight excluding hydrogens is 567 g/mol. The van der Waals surface area contributed by atoms with Gasteiger partial charge in [-0.25, -0.2) is 27.9 Å². The number of benzene rings is 1. The average Bonchev–Trinajstić information content (AvgIpc) is 2.92. The van der Waals surface area contributed by atoms with E-state index >= 15 is 4.39 Å². The third kappa shape index (κ3) is 8.25. The molecular formula is C29H34F3N7O4. The fourth-order valence-corrected chi connectivity index (χ4v) is 4.44. The second-order valence-electron chi connectivity index (χ2n) is 10.9. The quantitative estimate of drug-likeness (QED) is 0.276. The summed E-state index contributed by atoms with van der Waals surface area (Å²) in [5.74, 6) is -3.49. The normalized spacial score (nSPS) is 14.9. The van der Waals surface area contributed by atoms with Crippen molar-refractivity contribution < 1.29 is 32.2 Å². The minimum Gasteiger partial charge on any atom is -0.444 e. The SMILES string of the molecule is C[C@H](NC(=O)OC(C)(C)C)[C@H](Nc1nc(Nc2cnc(N3CCOCC3)c(F)c2)c(C(N)=O)cc1F)c1cccc(F)c1. The number of carbonyl (C=O) groups is 2. The van der Waals surface area contributed by atoms with Gasteiger partial charge in [-0.15, -0.1) is 0 Å². The van der Waals surface area contributed by atoms with Crippen LogP contribution in [0.15, 0.2) is 42.6 Å². The van der Waals surface area contributed by atoms with E-state index in [1.165, 1.54) is 30.5 Å². The Bertz CT molecular complexity index is 1480. The van der Waals surface area contributed by atoms with E-state index in [4.69, 9.17) is 15.2 Å². The summed E-state index contributed by atoms with van der Waals surface area (Å²) < 4.78 is 55.1. The zero-order valence-corrected chi connectivity index (χ0v) is 24.2. The van der Waals surface area contributed by atoms with E-state index in [2.05, 4.69) is 25.9 Å². The molecule has 4 rings (SSSR count). The molecule has 0 saturated carbocycles. The van der Waals surface area contributed by atoms with Crippen molar-refractivity contribution in [3.05, 3.63) is 71.2 Å². The fraction of sp³-hybridized carbons (Fsp3) is 0.379. The molecule has 0 unspecified atom stereocenters. The van der Waals surface area contributed by atoms with Crippen LogP contribution in [0.2, 0.25) is 0 Å². The number of primary amides is 1. The lowest BCUT2D eigenvalue weighted by Gasteiger charge is -2.29. The van der Waals surface area contributed by atoms with E-state index in [0.29, 0.717) is 31.9 Å². The number of carbonyl (C=O) groups excluding carboxylic acids is 2. The number of alkyl carbamates (subject to hydrolysis) is 1. The molecule has 3 aromatic rings. The molecule has 0 bridgehead atoms. The number of nitrogens with zero attached hydrogens (tertiary/aromatic N) is 3. The number of hydrogen-bond donors (Lipinski definition) is 4. The first-order valence-electron chi connectivity index (χ1n) is 13.6. The first kappa shape index (κ1) is 31.3. The highest BCUT2D eigenvalue weighted by molar-refractivity contribution is 5.98. The molecule has 3 heterocycles. The Hall–Kier alpha value is -4.59. The summed E-state index contributed by atoms with van der Waals surface area (Å²) >= 11 is 0. The van der Waals surface area contributed by atoms with Crippen LogP contribution in [0.4, 0.5) is 41.1 Å². The zero-order valence-electron chi connectivity index (χ0n) is 24.2. The van der Waals surface area contributed by atoms with Crippen molar-refractivity contribution in [1.82, 2.24) is 15.3 Å². The highest BCUT2D eigenvalue weighted by atomic mass is 19.1. The van der Waals surface area contributed by atoms with Crippen LogP contribution in [0.3, 0.4) is 0 Å². The van der Waals surface area contributed by atoms with Gasteiger partial charge in [-0.2, -0.15) is 0 Å². The van der Waals surface area contributed by atoms with E-state index in [0.717, 1.165) is 6.07 Å². The van der Waals surface area contributed by atoms with Crippen molar-refractivity contribution in [2.75, 3.05) is 41.8 Å². The largest absolute Gasteiger partial charge is 0.444 e. The number of nitrogens with one attached hydrogen (secondary N) is 3. The molecule has 0 spiro atoms. The van der Waals surface area contributed by atoms with Gasteiger partial charge in [0.2, 0.25) is 0 Å². The summed E-state index contributed by atoms with van der Waals surface area (Å²) in [6, 6.07) is 5.89. The van der Waals surface area contributed by atoms with Gasteiger partial charge in [0.15, 0.2) is 23.3 Å². The van der Waals surface area contributed by atoms with Gasteiger partial charge in [-0.1, -0.05) is 12.1 Å². The molecule has 1 aliphatic rings. The maximum Gasteiger partial charge on any atom is 0.407 e. The molecule has 5 N–H and O–H groups in total. The summed E-state index contributed by atoms with van der Waals surface area (Å²) in [4.78, 5) is 34.8. The van der Waals surface area contributed by atoms with Crippen LogP contribution in [0, 0.1) is 17.5 Å². The Morgan fingerprint density at radius 1 is 1.07 bits per heavy atom. The molecule has 0 radical (unpaired) electrons. The maximum absolute atomic E-state index is 15.3. The summed E-state index contributed by atoms with van der Waals surface area (Å²) in [5.41, 5.74) is 4.89. The predicted octanol–water partition coefficient (Wildman–Crippen LogP) is 4.64. The number of morpholine rings is 1. The first-order chi connectivity index (χ1) is 20.3. The number of nitrogens with two attached hydrogens (primary N) is 1. The van der Waals surface area contributed by atoms with Gasteiger partial charge in [0.25, 0.3) is 5.91 Å². The Morgan fingerprint density at radius 3 is 2.42 bits per heavy atom. The minimum absolute atomic E-state index is 0.128. The summed E-state index contributed by atoms with van der Waals surface area (Å²) in [7, 11) is 0. The smallest absolute Gasteiger partial charge is 0.407 e. The van der Waals surface area contributed by atoms with Crippen LogP contribution < -0.4 is 26.6 Å². The van der Waals surface area contributed by atoms with Gasteiger partial charge in [0, 0.05) is 19.2 Å². The molecule has 2 amide bonds. The van der Waals surface area contributed by atoms with E-state index in [1.54, 1.807) is 38.7 Å². The number of pyridine rings is 2. The Labute approximate surface area is 247 Å². The third-order valence-electron chi connectivity index (χ3n) is 6.38. The molecule has 14 heteroatoms. The minimum atomic E-state index is -0.986. The Balaban J connectivity index is 1.65. The number of rotatable bonds is 9. The topological polar surface area (TPSA) is 144 Å². The second-order valence-corrected chi connectivity index (χ2v) is 10.9. The fourth-order valence-electron chi connectivity index (χ4n) is 4.44. The van der Waals surface area contributed by atoms with Crippen molar-refractivity contribution >= 4 is 35.1 Å². The van der Waals surface area contributed by atoms with E-state index in [9.17, 15) is 18.4 Å². The van der Waals surface area contributed by atoms with Crippen molar-refractivity contribution in [2.45, 2.75) is 45.4 Å². The number of hydrogen-bond acceptors (Lipinski definition) is 9. The molecule has 43 heavy (non-hydrogen) atoms. The average molecular weight is 602 g/mol. The highest BCUT2D eigenvalue weighted by Crippen LogP contribution is 2.29. The Morgan fingerprint density at radius 2 is 1.79 bits per heavy atom. The van der Waals surface area contributed by atoms with Crippen molar-refractivity contribution in [2.24, 2.45) is 5.73 Å². The molecule has 2 atom stereocenters. The summed E-state index contributed by atoms with van der Waals surface area (Å²) in [5, 5.41) is 8.35. The molecule has 1 aromatic carbocycles. The first-order valence-corrected chi connectivity index (χ1v) is 13.6. The number of anilines is 4. The lowest BCUT2D eigenvalue weighted by atomic mass is 10.00. The molecule has 11 nitrogen and oxygen atoms in total. The van der Waals surface area contributed by atoms with Gasteiger partial charge in [0.1, 0.15) is 17.2 Å². The van der Waals surface area contributed by atoms with Crippen LogP contribution in [-0.4, -0.2) is 59.9 Å². The summed E-state index contributed by atoms with van der Waals surface area (Å²) in [6.07, 6.45) is 0.609. The monoisotopic (exact) mass is 601 g/mol. The number of amides is 2. The van der Waals surface area contributed by atoms with E-state index in [1.807, 2.05) is 0 Å². The van der Waals surface area contributed by atoms with E-state index in [-0.39, 0.29) is 28.7 Å². The highest BCUT2D eigenvalue weighted by Gasteiger charge is 2.27. The maximum atomic E-state index is 15.3. The van der Waals surface area contributed by atoms with Crippen molar-refractivity contribution in [1.29, 1.82) is 0 Å². The molecule has 230 valence electrons. The molecule has 1 saturated heterocycles. The molecule has 1 aliphatic heterocycles. The lowest BCUT2D eigenvalue weighted by Crippen LogP contribution is -2.42. The number of halogens is 3. The number of aromatic nitrogens is 2. The standard InChI is InChI=1S/C29H34F3N7O4/c1-16(35-28(41)43-29(2,3)4)23(17-6-5-7-18(30)12-17)37-26-21(31)14-20(24(33)40)25(38-26)36-19-13-22(32)27(34-15-19)39-8-10-42-11-9-39/h5-7,12-16,23H,8-11H2,1-4H3,(H2,33,40)(H,35,41)(H2,36,37,38)/t16-,23-/m0/s1. The third-order valence-corrected chi connectivity index (χ3v) is 6.38. The van der Waals surface area contributed by atoms with Gasteiger partial charge in [-0.3, -0.25) is 4.79 Å². The van der Waals surface area contributed by atoms with E-state index < -0.39 is 47.1 Å². The van der Waals surface area contributed by atoms with Crippen LogP contribution >= 0.6 is 0 Å². The zero-order chi connectivity index (χ0) is 31.3. The van der Waals surface area contributed by atoms with Gasteiger partial charge >= 0.3 is 6.09 Å². The van der Waals surface area contributed by atoms with Gasteiger partial charge in [-0.05, 0) is 51.5 Å². The lowest BCUT2D eigenvalue weighted by molar-refractivity contribution is 0.0503. The molecule has 2 aromatic heterocycles. The number of ether oxygens (including phenoxy) is 2. The van der Waals surface area contributed by atoms with Crippen molar-refractivity contribution in [3.8, 4) is 0 Å². The van der Waals surface area contributed by atoms with Crippen LogP contribution in [0.25, 0.3) is 0 Å². The summed E-state index contributed by atoms with van der Waals surface area (Å²) in [6.45, 7) is 8.56. The molecule has 0 aliphatic carbocycles. The van der Waals surface area contributed by atoms with Crippen LogP contribution in [0.1, 0.15) is 49.7 Å². The molecule has 1 fully saturated rings. The second kappa shape index (κ2) is 13.2. The Kier molecular flexibility index (Phi) is 9.59. The van der Waals surface area contributed by atoms with Crippen LogP contribution in [-0.2, 0) is 9.47 Å². The van der Waals surface area contributed by atoms with Crippen molar-refractivity contribution in [3.63, 3.8) is 0 Å². The van der Waals surface area contributed by atoms with Gasteiger partial charge < -0.3 is 36.1 Å². The van der Waals surface area contributed by atoms with Crippen LogP contribution in [0.5, 0.6) is 0 Å². The van der Waals surface area contributed by atoms with Gasteiger partial charge in [0.05, 0.1) is 42.7 Å².